The summed E-state index contributed by atoms with van der Waals surface area (Å²) in [5.41, 5.74) is 5.02. The molecule has 26 heavy (non-hydrogen) atoms. The lowest BCUT2D eigenvalue weighted by Crippen LogP contribution is -2.38. The molecule has 0 aliphatic heterocycles. The molecule has 0 aliphatic rings. The van der Waals surface area contributed by atoms with E-state index < -0.39 is 17.6 Å². The molecule has 0 bridgehead atoms. The molecule has 1 amide bonds. The van der Waals surface area contributed by atoms with Gasteiger partial charge in [-0.05, 0) is 37.6 Å². The number of nitrogens with two attached hydrogens (primary N) is 1. The number of benzene rings is 1. The number of aliphatic imine (C=N–C) groups is 1. The van der Waals surface area contributed by atoms with Gasteiger partial charge in [0.1, 0.15) is 0 Å². The highest BCUT2D eigenvalue weighted by molar-refractivity contribution is 14.0. The zero-order valence-corrected chi connectivity index (χ0v) is 16.8. The van der Waals surface area contributed by atoms with Crippen LogP contribution >= 0.6 is 24.0 Å². The Morgan fingerprint density at radius 2 is 1.81 bits per heavy atom. The fraction of sp³-hybridized carbons (Fsp3) is 0.500. The van der Waals surface area contributed by atoms with Gasteiger partial charge in [-0.25, -0.2) is 0 Å². The molecule has 6 nitrogen and oxygen atoms in total. The zero-order chi connectivity index (χ0) is 18.7. The number of halogens is 4. The van der Waals surface area contributed by atoms with E-state index >= 15 is 0 Å². The lowest BCUT2D eigenvalue weighted by Gasteiger charge is -2.09. The van der Waals surface area contributed by atoms with Crippen LogP contribution in [0.4, 0.5) is 13.2 Å². The Bertz CT molecular complexity index is 566. The van der Waals surface area contributed by atoms with Crippen molar-refractivity contribution in [3.63, 3.8) is 0 Å². The van der Waals surface area contributed by atoms with E-state index in [-0.39, 0.29) is 42.0 Å². The minimum absolute atomic E-state index is 0. The van der Waals surface area contributed by atoms with Gasteiger partial charge >= 0.3 is 6.18 Å². The SMILES string of the molecule is CCOCCCN=C(N)NCCNC(=O)c1ccc(C(F)(F)F)cc1.I. The van der Waals surface area contributed by atoms with Crippen molar-refractivity contribution in [1.29, 1.82) is 0 Å². The van der Waals surface area contributed by atoms with Crippen LogP contribution in [-0.2, 0) is 10.9 Å². The monoisotopic (exact) mass is 488 g/mol. The number of guanidine groups is 1. The van der Waals surface area contributed by atoms with Crippen molar-refractivity contribution >= 4 is 35.8 Å². The molecular weight excluding hydrogens is 464 g/mol. The van der Waals surface area contributed by atoms with Crippen molar-refractivity contribution in [2.75, 3.05) is 32.8 Å². The molecule has 0 spiro atoms. The van der Waals surface area contributed by atoms with Crippen LogP contribution in [0.25, 0.3) is 0 Å². The van der Waals surface area contributed by atoms with E-state index in [0.29, 0.717) is 26.3 Å². The van der Waals surface area contributed by atoms with Crippen LogP contribution in [-0.4, -0.2) is 44.7 Å². The second-order valence-electron chi connectivity index (χ2n) is 5.08. The van der Waals surface area contributed by atoms with Gasteiger partial charge in [0.05, 0.1) is 5.56 Å². The van der Waals surface area contributed by atoms with Gasteiger partial charge < -0.3 is 21.1 Å². The zero-order valence-electron chi connectivity index (χ0n) is 14.4. The third kappa shape index (κ3) is 9.80. The molecule has 0 saturated carbocycles. The van der Waals surface area contributed by atoms with Crippen molar-refractivity contribution < 1.29 is 22.7 Å². The maximum atomic E-state index is 12.5. The third-order valence-corrected chi connectivity index (χ3v) is 3.12. The Morgan fingerprint density at radius 3 is 2.38 bits per heavy atom. The molecular formula is C16H24F3IN4O2. The van der Waals surface area contributed by atoms with Crippen LogP contribution < -0.4 is 16.4 Å². The molecule has 0 radical (unpaired) electrons. The third-order valence-electron chi connectivity index (χ3n) is 3.12. The van der Waals surface area contributed by atoms with E-state index in [9.17, 15) is 18.0 Å². The molecule has 0 aliphatic carbocycles. The van der Waals surface area contributed by atoms with Crippen LogP contribution in [0, 0.1) is 0 Å². The fourth-order valence-electron chi connectivity index (χ4n) is 1.85. The summed E-state index contributed by atoms with van der Waals surface area (Å²) in [5.74, 6) is -0.192. The summed E-state index contributed by atoms with van der Waals surface area (Å²) in [5, 5.41) is 5.42. The number of alkyl halides is 3. The Balaban J connectivity index is 0.00000625. The highest BCUT2D eigenvalue weighted by atomic mass is 127. The molecule has 0 saturated heterocycles. The minimum Gasteiger partial charge on any atom is -0.382 e. The van der Waals surface area contributed by atoms with E-state index in [2.05, 4.69) is 15.6 Å². The fourth-order valence-corrected chi connectivity index (χ4v) is 1.85. The van der Waals surface area contributed by atoms with E-state index in [0.717, 1.165) is 30.7 Å². The summed E-state index contributed by atoms with van der Waals surface area (Å²) >= 11 is 0. The molecule has 1 aromatic rings. The first-order valence-electron chi connectivity index (χ1n) is 7.91. The highest BCUT2D eigenvalue weighted by Crippen LogP contribution is 2.28. The molecule has 10 heteroatoms. The number of nitrogens with one attached hydrogen (secondary N) is 2. The smallest absolute Gasteiger partial charge is 0.382 e. The Hall–Kier alpha value is -1.56. The number of carbonyl (C=O) groups excluding carboxylic acids is 1. The van der Waals surface area contributed by atoms with E-state index in [4.69, 9.17) is 10.5 Å². The second-order valence-corrected chi connectivity index (χ2v) is 5.08. The Labute approximate surface area is 167 Å². The van der Waals surface area contributed by atoms with Crippen LogP contribution in [0.5, 0.6) is 0 Å². The summed E-state index contributed by atoms with van der Waals surface area (Å²) in [6.45, 7) is 4.35. The largest absolute Gasteiger partial charge is 0.416 e. The number of hydrogen-bond acceptors (Lipinski definition) is 3. The Kier molecular flexibility index (Phi) is 12.0. The number of ether oxygens (including phenoxy) is 1. The van der Waals surface area contributed by atoms with Crippen LogP contribution in [0.3, 0.4) is 0 Å². The number of amides is 1. The number of hydrogen-bond donors (Lipinski definition) is 3. The van der Waals surface area contributed by atoms with Crippen molar-refractivity contribution in [2.24, 2.45) is 10.7 Å². The summed E-state index contributed by atoms with van der Waals surface area (Å²) in [4.78, 5) is 15.9. The minimum atomic E-state index is -4.42. The molecule has 0 aromatic heterocycles. The number of carbonyl (C=O) groups is 1. The van der Waals surface area contributed by atoms with Crippen LogP contribution in [0.15, 0.2) is 29.3 Å². The normalized spacial score (nSPS) is 11.6. The topological polar surface area (TPSA) is 88.7 Å². The van der Waals surface area contributed by atoms with Gasteiger partial charge in [0, 0.05) is 38.4 Å². The molecule has 1 aromatic carbocycles. The lowest BCUT2D eigenvalue weighted by atomic mass is 10.1. The van der Waals surface area contributed by atoms with E-state index in [1.54, 1.807) is 0 Å². The number of rotatable bonds is 9. The lowest BCUT2D eigenvalue weighted by molar-refractivity contribution is -0.137. The summed E-state index contributed by atoms with van der Waals surface area (Å²) in [7, 11) is 0. The van der Waals surface area contributed by atoms with Gasteiger partial charge in [0.2, 0.25) is 0 Å². The van der Waals surface area contributed by atoms with E-state index in [1.165, 1.54) is 0 Å². The molecule has 1 rings (SSSR count). The molecule has 0 fully saturated rings. The predicted molar refractivity (Wildman–Crippen MR) is 105 cm³/mol. The maximum absolute atomic E-state index is 12.5. The molecule has 148 valence electrons. The predicted octanol–water partition coefficient (Wildman–Crippen LogP) is 2.38. The maximum Gasteiger partial charge on any atom is 0.416 e. The van der Waals surface area contributed by atoms with Gasteiger partial charge in [0.15, 0.2) is 5.96 Å². The van der Waals surface area contributed by atoms with Gasteiger partial charge in [0.25, 0.3) is 5.91 Å². The van der Waals surface area contributed by atoms with Crippen LogP contribution in [0.2, 0.25) is 0 Å². The second kappa shape index (κ2) is 12.7. The van der Waals surface area contributed by atoms with Gasteiger partial charge in [-0.3, -0.25) is 9.79 Å². The molecule has 4 N–H and O–H groups in total. The Morgan fingerprint density at radius 1 is 1.19 bits per heavy atom. The molecule has 0 atom stereocenters. The first-order valence-corrected chi connectivity index (χ1v) is 7.91. The first kappa shape index (κ1) is 24.4. The van der Waals surface area contributed by atoms with Gasteiger partial charge in [-0.15, -0.1) is 24.0 Å². The van der Waals surface area contributed by atoms with Gasteiger partial charge in [-0.1, -0.05) is 0 Å². The average molecular weight is 488 g/mol. The summed E-state index contributed by atoms with van der Waals surface area (Å²) in [6.07, 6.45) is -3.65. The quantitative estimate of drug-likeness (QED) is 0.216. The van der Waals surface area contributed by atoms with Crippen molar-refractivity contribution in [3.05, 3.63) is 35.4 Å². The molecule has 0 unspecified atom stereocenters. The summed E-state index contributed by atoms with van der Waals surface area (Å²) < 4.78 is 42.5. The van der Waals surface area contributed by atoms with Crippen molar-refractivity contribution in [1.82, 2.24) is 10.6 Å². The highest BCUT2D eigenvalue weighted by Gasteiger charge is 2.30. The first-order chi connectivity index (χ1) is 11.8. The van der Waals surface area contributed by atoms with Gasteiger partial charge in [-0.2, -0.15) is 13.2 Å². The summed E-state index contributed by atoms with van der Waals surface area (Å²) in [6, 6.07) is 4.03. The standard InChI is InChI=1S/C16H23F3N4O2.HI/c1-2-25-11-3-8-22-15(20)23-10-9-21-14(24)12-4-6-13(7-5-12)16(17,18)19;/h4-7H,2-3,8-11H2,1H3,(H,21,24)(H3,20,22,23);1H. The van der Waals surface area contributed by atoms with Crippen molar-refractivity contribution in [3.8, 4) is 0 Å². The van der Waals surface area contributed by atoms with E-state index in [1.807, 2.05) is 6.92 Å². The van der Waals surface area contributed by atoms with Crippen molar-refractivity contribution in [2.45, 2.75) is 19.5 Å². The molecule has 0 heterocycles. The average Bonchev–Trinajstić information content (AvgIpc) is 2.57. The van der Waals surface area contributed by atoms with Crippen LogP contribution in [0.1, 0.15) is 29.3 Å². The number of nitrogens with zero attached hydrogens (tertiary/aromatic N) is 1.